The van der Waals surface area contributed by atoms with Gasteiger partial charge in [-0.05, 0) is 31.0 Å². The van der Waals surface area contributed by atoms with E-state index in [-0.39, 0.29) is 11.4 Å². The quantitative estimate of drug-likeness (QED) is 0.855. The van der Waals surface area contributed by atoms with E-state index in [1.54, 1.807) is 0 Å². The smallest absolute Gasteiger partial charge is 0.166 e. The summed E-state index contributed by atoms with van der Waals surface area (Å²) in [4.78, 5) is 4.09. The summed E-state index contributed by atoms with van der Waals surface area (Å²) in [5.74, 6) is -1.37. The lowest BCUT2D eigenvalue weighted by atomic mass is 9.93. The first-order valence-corrected chi connectivity index (χ1v) is 8.80. The van der Waals surface area contributed by atoms with E-state index in [0.717, 1.165) is 6.07 Å². The number of benzene rings is 1. The molecule has 0 saturated heterocycles. The van der Waals surface area contributed by atoms with Crippen LogP contribution in [-0.4, -0.2) is 31.4 Å². The van der Waals surface area contributed by atoms with E-state index in [4.69, 9.17) is 5.73 Å². The highest BCUT2D eigenvalue weighted by atomic mass is 79.9. The fourth-order valence-corrected chi connectivity index (χ4v) is 5.44. The van der Waals surface area contributed by atoms with Crippen molar-refractivity contribution in [1.29, 1.82) is 0 Å². The van der Waals surface area contributed by atoms with E-state index < -0.39 is 38.4 Å². The SMILES string of the molecule is NC1=NC(CF)(c2cc(Br)ccc2F)CS(=O)(=O)C12CC2. The van der Waals surface area contributed by atoms with E-state index >= 15 is 0 Å². The number of hydrogen-bond donors (Lipinski definition) is 1. The van der Waals surface area contributed by atoms with Crippen molar-refractivity contribution >= 4 is 31.6 Å². The Kier molecular flexibility index (Phi) is 3.18. The van der Waals surface area contributed by atoms with Crippen LogP contribution in [0.3, 0.4) is 0 Å². The van der Waals surface area contributed by atoms with Gasteiger partial charge in [-0.3, -0.25) is 4.99 Å². The molecule has 114 valence electrons. The second-order valence-electron chi connectivity index (χ2n) is 5.54. The Morgan fingerprint density at radius 1 is 1.38 bits per heavy atom. The number of halogens is 3. The molecule has 2 N–H and O–H groups in total. The predicted molar refractivity (Wildman–Crippen MR) is 79.1 cm³/mol. The molecule has 0 amide bonds. The van der Waals surface area contributed by atoms with Crippen LogP contribution < -0.4 is 5.73 Å². The lowest BCUT2D eigenvalue weighted by Gasteiger charge is -2.35. The number of hydrogen-bond acceptors (Lipinski definition) is 4. The number of amidine groups is 1. The molecule has 1 spiro atoms. The van der Waals surface area contributed by atoms with Crippen LogP contribution in [0, 0.1) is 5.82 Å². The zero-order valence-corrected chi connectivity index (χ0v) is 13.3. The molecule has 1 aromatic carbocycles. The van der Waals surface area contributed by atoms with Gasteiger partial charge in [0.15, 0.2) is 9.84 Å². The van der Waals surface area contributed by atoms with E-state index in [1.165, 1.54) is 12.1 Å². The van der Waals surface area contributed by atoms with Crippen molar-refractivity contribution in [2.24, 2.45) is 10.7 Å². The Morgan fingerprint density at radius 2 is 2.05 bits per heavy atom. The summed E-state index contributed by atoms with van der Waals surface area (Å²) in [6.07, 6.45) is 0.794. The van der Waals surface area contributed by atoms with Crippen molar-refractivity contribution < 1.29 is 17.2 Å². The first-order chi connectivity index (χ1) is 9.76. The lowest BCUT2D eigenvalue weighted by molar-refractivity contribution is 0.325. The van der Waals surface area contributed by atoms with Gasteiger partial charge in [-0.2, -0.15) is 0 Å². The van der Waals surface area contributed by atoms with E-state index in [1.807, 2.05) is 0 Å². The number of nitrogens with zero attached hydrogens (tertiary/aromatic N) is 1. The average Bonchev–Trinajstić information content (AvgIpc) is 3.21. The van der Waals surface area contributed by atoms with Gasteiger partial charge >= 0.3 is 0 Å². The molecule has 1 aliphatic carbocycles. The van der Waals surface area contributed by atoms with E-state index in [2.05, 4.69) is 20.9 Å². The maximum absolute atomic E-state index is 14.1. The van der Waals surface area contributed by atoms with Crippen molar-refractivity contribution in [1.82, 2.24) is 0 Å². The summed E-state index contributed by atoms with van der Waals surface area (Å²) >= 11 is 3.18. The van der Waals surface area contributed by atoms with Crippen LogP contribution in [0.25, 0.3) is 0 Å². The Labute approximate surface area is 129 Å². The highest BCUT2D eigenvalue weighted by molar-refractivity contribution is 9.10. The molecule has 1 saturated carbocycles. The minimum absolute atomic E-state index is 0.0959. The molecule has 0 radical (unpaired) electrons. The number of alkyl halides is 1. The number of aliphatic imine (C=N–C) groups is 1. The number of sulfone groups is 1. The Morgan fingerprint density at radius 3 is 2.57 bits per heavy atom. The van der Waals surface area contributed by atoms with Gasteiger partial charge in [0.2, 0.25) is 0 Å². The van der Waals surface area contributed by atoms with E-state index in [0.29, 0.717) is 17.3 Å². The molecule has 2 aliphatic rings. The fourth-order valence-electron chi connectivity index (χ4n) is 2.79. The molecule has 3 rings (SSSR count). The molecule has 1 aliphatic heterocycles. The summed E-state index contributed by atoms with van der Waals surface area (Å²) in [5, 5.41) is 0. The summed E-state index contributed by atoms with van der Waals surface area (Å²) in [7, 11) is -3.67. The first kappa shape index (κ1) is 14.9. The zero-order valence-electron chi connectivity index (χ0n) is 10.9. The highest BCUT2D eigenvalue weighted by Crippen LogP contribution is 2.50. The fraction of sp³-hybridized carbons (Fsp3) is 0.462. The molecular formula is C13H13BrF2N2O2S. The average molecular weight is 379 g/mol. The summed E-state index contributed by atoms with van der Waals surface area (Å²) in [5.41, 5.74) is 3.90. The zero-order chi connectivity index (χ0) is 15.5. The first-order valence-electron chi connectivity index (χ1n) is 6.36. The molecule has 1 aromatic rings. The Balaban J connectivity index is 2.23. The molecule has 0 aromatic heterocycles. The molecule has 0 bridgehead atoms. The molecule has 8 heteroatoms. The summed E-state index contributed by atoms with van der Waals surface area (Å²) in [6, 6.07) is 3.96. The predicted octanol–water partition coefficient (Wildman–Crippen LogP) is 2.07. The van der Waals surface area contributed by atoms with Crippen molar-refractivity contribution in [3.05, 3.63) is 34.1 Å². The molecular weight excluding hydrogens is 366 g/mol. The van der Waals surface area contributed by atoms with Gasteiger partial charge in [-0.25, -0.2) is 17.2 Å². The largest absolute Gasteiger partial charge is 0.386 e. The minimum Gasteiger partial charge on any atom is -0.386 e. The topological polar surface area (TPSA) is 72.5 Å². The molecule has 1 unspecified atom stereocenters. The van der Waals surface area contributed by atoms with Gasteiger partial charge in [0.25, 0.3) is 0 Å². The number of nitrogens with two attached hydrogens (primary N) is 1. The van der Waals surface area contributed by atoms with Crippen molar-refractivity contribution in [2.45, 2.75) is 23.1 Å². The van der Waals surface area contributed by atoms with Crippen LogP contribution >= 0.6 is 15.9 Å². The third-order valence-electron chi connectivity index (χ3n) is 4.18. The number of rotatable bonds is 2. The van der Waals surface area contributed by atoms with E-state index in [9.17, 15) is 17.2 Å². The molecule has 21 heavy (non-hydrogen) atoms. The summed E-state index contributed by atoms with van der Waals surface area (Å²) < 4.78 is 52.1. The van der Waals surface area contributed by atoms with Crippen molar-refractivity contribution in [2.75, 3.05) is 12.4 Å². The minimum atomic E-state index is -3.67. The maximum Gasteiger partial charge on any atom is 0.166 e. The van der Waals surface area contributed by atoms with Crippen molar-refractivity contribution in [3.63, 3.8) is 0 Å². The Bertz CT molecular complexity index is 747. The molecule has 4 nitrogen and oxygen atoms in total. The van der Waals surface area contributed by atoms with Gasteiger partial charge in [-0.15, -0.1) is 0 Å². The Hall–Kier alpha value is -1.02. The second-order valence-corrected chi connectivity index (χ2v) is 8.76. The normalized spacial score (nSPS) is 29.2. The van der Waals surface area contributed by atoms with Crippen LogP contribution in [0.4, 0.5) is 8.78 Å². The summed E-state index contributed by atoms with van der Waals surface area (Å²) in [6.45, 7) is -1.13. The molecule has 1 heterocycles. The third-order valence-corrected chi connectivity index (χ3v) is 7.34. The standard InChI is InChI=1S/C13H13BrF2N2O2S/c14-8-1-2-10(16)9(5-8)12(6-15)7-21(19,20)13(3-4-13)11(17)18-12/h1-2,5H,3-4,6-7H2,(H2,17,18). The van der Waals surface area contributed by atoms with Gasteiger partial charge in [0, 0.05) is 10.0 Å². The van der Waals surface area contributed by atoms with Gasteiger partial charge in [-0.1, -0.05) is 15.9 Å². The monoisotopic (exact) mass is 378 g/mol. The highest BCUT2D eigenvalue weighted by Gasteiger charge is 2.63. The lowest BCUT2D eigenvalue weighted by Crippen LogP contribution is -2.52. The van der Waals surface area contributed by atoms with Gasteiger partial charge < -0.3 is 5.73 Å². The van der Waals surface area contributed by atoms with Crippen LogP contribution in [-0.2, 0) is 15.4 Å². The molecule has 1 atom stereocenters. The molecule has 1 fully saturated rings. The second kappa shape index (κ2) is 4.49. The van der Waals surface area contributed by atoms with Crippen LogP contribution in [0.15, 0.2) is 27.7 Å². The van der Waals surface area contributed by atoms with Crippen LogP contribution in [0.2, 0.25) is 0 Å². The van der Waals surface area contributed by atoms with Crippen LogP contribution in [0.1, 0.15) is 18.4 Å². The maximum atomic E-state index is 14.1. The van der Waals surface area contributed by atoms with Gasteiger partial charge in [0.1, 0.15) is 28.6 Å². The van der Waals surface area contributed by atoms with Gasteiger partial charge in [0.05, 0.1) is 5.75 Å². The van der Waals surface area contributed by atoms with Crippen LogP contribution in [0.5, 0.6) is 0 Å². The van der Waals surface area contributed by atoms with Crippen molar-refractivity contribution in [3.8, 4) is 0 Å². The third kappa shape index (κ3) is 2.03.